The van der Waals surface area contributed by atoms with Gasteiger partial charge in [-0.05, 0) is 53.3 Å². The van der Waals surface area contributed by atoms with Crippen molar-refractivity contribution in [2.24, 2.45) is 0 Å². The fourth-order valence-electron chi connectivity index (χ4n) is 3.19. The lowest BCUT2D eigenvalue weighted by molar-refractivity contribution is -0.111. The van der Waals surface area contributed by atoms with E-state index in [1.807, 2.05) is 97.3 Å². The molecule has 0 saturated heterocycles. The van der Waals surface area contributed by atoms with Gasteiger partial charge >= 0.3 is 0 Å². The Labute approximate surface area is 187 Å². The normalized spacial score (nSPS) is 11.2. The molecular weight excluding hydrogens is 398 g/mol. The summed E-state index contributed by atoms with van der Waals surface area (Å²) in [7, 11) is 0. The maximum atomic E-state index is 13.2. The van der Waals surface area contributed by atoms with E-state index in [0.29, 0.717) is 5.57 Å². The Kier molecular flexibility index (Phi) is 6.65. The van der Waals surface area contributed by atoms with Gasteiger partial charge in [-0.3, -0.25) is 4.79 Å². The van der Waals surface area contributed by atoms with Crippen molar-refractivity contribution >= 4 is 28.9 Å². The van der Waals surface area contributed by atoms with Gasteiger partial charge in [0.15, 0.2) is 0 Å². The summed E-state index contributed by atoms with van der Waals surface area (Å²) in [5, 5.41) is 4.96. The highest BCUT2D eigenvalue weighted by Crippen LogP contribution is 2.28. The molecule has 2 nitrogen and oxygen atoms in total. The fraction of sp³-hybridized carbons (Fsp3) is 0.0357. The van der Waals surface area contributed by atoms with Crippen LogP contribution >= 0.6 is 11.8 Å². The number of nitrogens with one attached hydrogen (secondary N) is 1. The molecule has 0 spiro atoms. The maximum absolute atomic E-state index is 13.2. The number of hydrogen-bond acceptors (Lipinski definition) is 2. The second-order valence-corrected chi connectivity index (χ2v) is 8.17. The lowest BCUT2D eigenvalue weighted by atomic mass is 10.0. The average Bonchev–Trinajstić information content (AvgIpc) is 2.82. The molecule has 4 rings (SSSR count). The van der Waals surface area contributed by atoms with Gasteiger partial charge in [-0.15, -0.1) is 0 Å². The van der Waals surface area contributed by atoms with Gasteiger partial charge in [0.2, 0.25) is 0 Å². The highest BCUT2D eigenvalue weighted by Gasteiger charge is 2.13. The molecule has 0 atom stereocenters. The summed E-state index contributed by atoms with van der Waals surface area (Å²) >= 11 is 1.54. The first-order valence-electron chi connectivity index (χ1n) is 10.1. The molecule has 0 saturated carbocycles. The molecule has 0 radical (unpaired) electrons. The molecule has 0 unspecified atom stereocenters. The number of carbonyl (C=O) groups excluding carboxylic acids is 1. The molecule has 0 aliphatic rings. The van der Waals surface area contributed by atoms with Crippen LogP contribution in [0.2, 0.25) is 0 Å². The third kappa shape index (κ3) is 5.53. The number of thioether (sulfide) groups is 1. The van der Waals surface area contributed by atoms with Crippen molar-refractivity contribution in [3.05, 3.63) is 126 Å². The fourth-order valence-corrected chi connectivity index (χ4v) is 4.00. The first-order valence-corrected chi connectivity index (χ1v) is 11.0. The van der Waals surface area contributed by atoms with E-state index in [1.165, 1.54) is 0 Å². The SMILES string of the molecule is Cc1ccc(NC(=O)C(=CSc2ccccc2)c2ccc(-c3ccccc3)cc2)cc1. The standard InChI is InChI=1S/C28H23NOS/c1-21-12-18-25(19-13-21)29-28(30)27(20-31-26-10-6-3-7-11-26)24-16-14-23(15-17-24)22-8-4-2-5-9-22/h2-20H,1H3,(H,29,30). The van der Waals surface area contributed by atoms with Gasteiger partial charge in [0.1, 0.15) is 0 Å². The summed E-state index contributed by atoms with van der Waals surface area (Å²) in [5.41, 5.74) is 5.74. The number of anilines is 1. The second kappa shape index (κ2) is 9.96. The summed E-state index contributed by atoms with van der Waals surface area (Å²) in [6.07, 6.45) is 0. The van der Waals surface area contributed by atoms with Crippen molar-refractivity contribution in [2.75, 3.05) is 5.32 Å². The molecule has 152 valence electrons. The Morgan fingerprint density at radius 2 is 1.29 bits per heavy atom. The Bertz CT molecular complexity index is 1170. The highest BCUT2D eigenvalue weighted by atomic mass is 32.2. The lowest BCUT2D eigenvalue weighted by Crippen LogP contribution is -2.13. The maximum Gasteiger partial charge on any atom is 0.256 e. The molecule has 0 heterocycles. The van der Waals surface area contributed by atoms with Crippen LogP contribution in [0.4, 0.5) is 5.69 Å². The Morgan fingerprint density at radius 1 is 0.710 bits per heavy atom. The first kappa shape index (κ1) is 20.7. The molecule has 0 fully saturated rings. The van der Waals surface area contributed by atoms with Crippen LogP contribution in [-0.2, 0) is 4.79 Å². The summed E-state index contributed by atoms with van der Waals surface area (Å²) in [6, 6.07) is 36.3. The van der Waals surface area contributed by atoms with Crippen molar-refractivity contribution < 1.29 is 4.79 Å². The Hall–Kier alpha value is -3.56. The van der Waals surface area contributed by atoms with Gasteiger partial charge in [-0.1, -0.05) is 102 Å². The van der Waals surface area contributed by atoms with Crippen LogP contribution in [-0.4, -0.2) is 5.91 Å². The van der Waals surface area contributed by atoms with Crippen LogP contribution in [0.25, 0.3) is 16.7 Å². The van der Waals surface area contributed by atoms with Crippen LogP contribution in [0.3, 0.4) is 0 Å². The van der Waals surface area contributed by atoms with E-state index in [1.54, 1.807) is 11.8 Å². The Morgan fingerprint density at radius 3 is 1.94 bits per heavy atom. The smallest absolute Gasteiger partial charge is 0.256 e. The number of benzene rings is 4. The third-order valence-corrected chi connectivity index (χ3v) is 5.81. The van der Waals surface area contributed by atoms with Crippen molar-refractivity contribution in [3.63, 3.8) is 0 Å². The van der Waals surface area contributed by atoms with Crippen molar-refractivity contribution in [3.8, 4) is 11.1 Å². The van der Waals surface area contributed by atoms with Crippen molar-refractivity contribution in [1.82, 2.24) is 0 Å². The van der Waals surface area contributed by atoms with Crippen LogP contribution in [0, 0.1) is 6.92 Å². The topological polar surface area (TPSA) is 29.1 Å². The van der Waals surface area contributed by atoms with Gasteiger partial charge < -0.3 is 5.32 Å². The number of hydrogen-bond donors (Lipinski definition) is 1. The molecule has 0 aliphatic carbocycles. The van der Waals surface area contributed by atoms with E-state index in [4.69, 9.17) is 0 Å². The van der Waals surface area contributed by atoms with Crippen LogP contribution in [0.5, 0.6) is 0 Å². The van der Waals surface area contributed by atoms with Gasteiger partial charge in [0.25, 0.3) is 5.91 Å². The predicted octanol–water partition coefficient (Wildman–Crippen LogP) is 7.43. The van der Waals surface area contributed by atoms with Gasteiger partial charge in [0, 0.05) is 10.6 Å². The molecule has 0 aliphatic heterocycles. The zero-order chi connectivity index (χ0) is 21.5. The number of rotatable bonds is 6. The molecule has 0 aromatic heterocycles. The van der Waals surface area contributed by atoms with E-state index in [0.717, 1.165) is 32.8 Å². The van der Waals surface area contributed by atoms with E-state index in [2.05, 4.69) is 29.6 Å². The predicted molar refractivity (Wildman–Crippen MR) is 132 cm³/mol. The summed E-state index contributed by atoms with van der Waals surface area (Å²) < 4.78 is 0. The van der Waals surface area contributed by atoms with Gasteiger partial charge in [-0.25, -0.2) is 0 Å². The molecule has 4 aromatic carbocycles. The monoisotopic (exact) mass is 421 g/mol. The molecule has 1 N–H and O–H groups in total. The van der Waals surface area contributed by atoms with Crippen molar-refractivity contribution in [2.45, 2.75) is 11.8 Å². The van der Waals surface area contributed by atoms with Crippen molar-refractivity contribution in [1.29, 1.82) is 0 Å². The number of amides is 1. The van der Waals surface area contributed by atoms with E-state index in [9.17, 15) is 4.79 Å². The summed E-state index contributed by atoms with van der Waals surface area (Å²) in [4.78, 5) is 14.3. The van der Waals surface area contributed by atoms with Crippen LogP contribution in [0.1, 0.15) is 11.1 Å². The number of aryl methyl sites for hydroxylation is 1. The number of carbonyl (C=O) groups is 1. The van der Waals surface area contributed by atoms with Gasteiger partial charge in [-0.2, -0.15) is 0 Å². The molecule has 0 bridgehead atoms. The zero-order valence-electron chi connectivity index (χ0n) is 17.3. The second-order valence-electron chi connectivity index (χ2n) is 7.23. The minimum atomic E-state index is -0.125. The molecule has 31 heavy (non-hydrogen) atoms. The zero-order valence-corrected chi connectivity index (χ0v) is 18.1. The minimum Gasteiger partial charge on any atom is -0.322 e. The molecule has 1 amide bonds. The van der Waals surface area contributed by atoms with E-state index in [-0.39, 0.29) is 5.91 Å². The Balaban J connectivity index is 1.62. The molecular formula is C28H23NOS. The van der Waals surface area contributed by atoms with E-state index >= 15 is 0 Å². The lowest BCUT2D eigenvalue weighted by Gasteiger charge is -2.11. The summed E-state index contributed by atoms with van der Waals surface area (Å²) in [6.45, 7) is 2.03. The van der Waals surface area contributed by atoms with Crippen LogP contribution < -0.4 is 5.32 Å². The highest BCUT2D eigenvalue weighted by molar-refractivity contribution is 8.02. The molecule has 3 heteroatoms. The van der Waals surface area contributed by atoms with Gasteiger partial charge in [0.05, 0.1) is 5.57 Å². The van der Waals surface area contributed by atoms with Crippen LogP contribution in [0.15, 0.2) is 119 Å². The minimum absolute atomic E-state index is 0.125. The average molecular weight is 422 g/mol. The quantitative estimate of drug-likeness (QED) is 0.259. The van der Waals surface area contributed by atoms with E-state index < -0.39 is 0 Å². The first-order chi connectivity index (χ1) is 15.2. The summed E-state index contributed by atoms with van der Waals surface area (Å²) in [5.74, 6) is -0.125. The molecule has 4 aromatic rings. The largest absolute Gasteiger partial charge is 0.322 e. The third-order valence-electron chi connectivity index (χ3n) is 4.91.